The van der Waals surface area contributed by atoms with Gasteiger partial charge in [-0.2, -0.15) is 0 Å². The molecule has 2 heterocycles. The van der Waals surface area contributed by atoms with Gasteiger partial charge in [-0.05, 0) is 42.0 Å². The Morgan fingerprint density at radius 1 is 1.23 bits per heavy atom. The van der Waals surface area contributed by atoms with Crippen molar-refractivity contribution >= 4 is 17.7 Å². The SMILES string of the molecule is CNc1ncccc1C(=O)N1CCC(Cc2ccc(CC(=O)O)cc2)C1. The fourth-order valence-electron chi connectivity index (χ4n) is 3.43. The number of nitrogens with zero attached hydrogens (tertiary/aromatic N) is 2. The zero-order valence-electron chi connectivity index (χ0n) is 14.8. The number of carbonyl (C=O) groups excluding carboxylic acids is 1. The Morgan fingerprint density at radius 3 is 2.65 bits per heavy atom. The predicted octanol–water partition coefficient (Wildman–Crippen LogP) is 2.46. The smallest absolute Gasteiger partial charge is 0.307 e. The highest BCUT2D eigenvalue weighted by molar-refractivity contribution is 5.98. The largest absolute Gasteiger partial charge is 0.481 e. The van der Waals surface area contributed by atoms with Crippen molar-refractivity contribution in [1.29, 1.82) is 0 Å². The molecule has 0 bridgehead atoms. The van der Waals surface area contributed by atoms with E-state index in [0.29, 0.717) is 17.3 Å². The lowest BCUT2D eigenvalue weighted by molar-refractivity contribution is -0.136. The second-order valence-corrected chi connectivity index (χ2v) is 6.65. The van der Waals surface area contributed by atoms with Crippen molar-refractivity contribution in [2.75, 3.05) is 25.5 Å². The number of aromatic nitrogens is 1. The number of hydrogen-bond acceptors (Lipinski definition) is 4. The average Bonchev–Trinajstić information content (AvgIpc) is 3.11. The highest BCUT2D eigenvalue weighted by Gasteiger charge is 2.28. The van der Waals surface area contributed by atoms with Gasteiger partial charge in [0.15, 0.2) is 0 Å². The van der Waals surface area contributed by atoms with Gasteiger partial charge in [-0.15, -0.1) is 0 Å². The Hall–Kier alpha value is -2.89. The Kier molecular flexibility index (Phi) is 5.51. The molecule has 1 amide bonds. The first-order valence-corrected chi connectivity index (χ1v) is 8.78. The van der Waals surface area contributed by atoms with E-state index < -0.39 is 5.97 Å². The maximum absolute atomic E-state index is 12.8. The number of likely N-dealkylation sites (tertiary alicyclic amines) is 1. The van der Waals surface area contributed by atoms with Gasteiger partial charge >= 0.3 is 5.97 Å². The van der Waals surface area contributed by atoms with Crippen molar-refractivity contribution in [3.8, 4) is 0 Å². The summed E-state index contributed by atoms with van der Waals surface area (Å²) in [5.41, 5.74) is 2.59. The molecule has 0 spiro atoms. The summed E-state index contributed by atoms with van der Waals surface area (Å²) in [6, 6.07) is 11.3. The van der Waals surface area contributed by atoms with Crippen molar-refractivity contribution in [1.82, 2.24) is 9.88 Å². The molecule has 1 aliphatic rings. The van der Waals surface area contributed by atoms with E-state index in [0.717, 1.165) is 31.5 Å². The third kappa shape index (κ3) is 4.20. The van der Waals surface area contributed by atoms with Crippen LogP contribution in [0.1, 0.15) is 27.9 Å². The third-order valence-corrected chi connectivity index (χ3v) is 4.75. The molecule has 0 radical (unpaired) electrons. The van der Waals surface area contributed by atoms with Gasteiger partial charge in [0.25, 0.3) is 5.91 Å². The first-order chi connectivity index (χ1) is 12.6. The molecule has 6 heteroatoms. The number of carboxylic acids is 1. The summed E-state index contributed by atoms with van der Waals surface area (Å²) in [7, 11) is 1.76. The minimum Gasteiger partial charge on any atom is -0.481 e. The second-order valence-electron chi connectivity index (χ2n) is 6.65. The zero-order valence-corrected chi connectivity index (χ0v) is 14.8. The number of rotatable bonds is 6. The number of amides is 1. The van der Waals surface area contributed by atoms with Crippen LogP contribution < -0.4 is 5.32 Å². The zero-order chi connectivity index (χ0) is 18.5. The summed E-state index contributed by atoms with van der Waals surface area (Å²) in [5.74, 6) is 0.217. The van der Waals surface area contributed by atoms with E-state index in [9.17, 15) is 9.59 Å². The maximum Gasteiger partial charge on any atom is 0.307 e. The minimum absolute atomic E-state index is 0.0155. The van der Waals surface area contributed by atoms with Crippen molar-refractivity contribution in [3.63, 3.8) is 0 Å². The molecule has 2 N–H and O–H groups in total. The first kappa shape index (κ1) is 17.9. The predicted molar refractivity (Wildman–Crippen MR) is 99.3 cm³/mol. The second kappa shape index (κ2) is 7.99. The maximum atomic E-state index is 12.8. The summed E-state index contributed by atoms with van der Waals surface area (Å²) in [6.45, 7) is 1.48. The average molecular weight is 353 g/mol. The molecular formula is C20H23N3O3. The summed E-state index contributed by atoms with van der Waals surface area (Å²) in [4.78, 5) is 29.6. The fourth-order valence-corrected chi connectivity index (χ4v) is 3.43. The van der Waals surface area contributed by atoms with Crippen LogP contribution in [-0.2, 0) is 17.6 Å². The van der Waals surface area contributed by atoms with Crippen molar-refractivity contribution in [3.05, 3.63) is 59.3 Å². The Morgan fingerprint density at radius 2 is 1.96 bits per heavy atom. The van der Waals surface area contributed by atoms with Crippen LogP contribution in [0.15, 0.2) is 42.6 Å². The van der Waals surface area contributed by atoms with E-state index in [1.165, 1.54) is 5.56 Å². The molecule has 1 aromatic carbocycles. The van der Waals surface area contributed by atoms with Gasteiger partial charge in [-0.1, -0.05) is 24.3 Å². The number of benzene rings is 1. The van der Waals surface area contributed by atoms with Crippen LogP contribution in [-0.4, -0.2) is 47.0 Å². The van der Waals surface area contributed by atoms with Crippen LogP contribution in [0.4, 0.5) is 5.82 Å². The van der Waals surface area contributed by atoms with Crippen molar-refractivity contribution in [2.24, 2.45) is 5.92 Å². The van der Waals surface area contributed by atoms with E-state index in [1.54, 1.807) is 25.4 Å². The molecule has 0 aliphatic carbocycles. The molecule has 1 saturated heterocycles. The molecule has 136 valence electrons. The van der Waals surface area contributed by atoms with E-state index in [1.807, 2.05) is 29.2 Å². The van der Waals surface area contributed by atoms with Crippen LogP contribution in [0.25, 0.3) is 0 Å². The van der Waals surface area contributed by atoms with Crippen LogP contribution in [0.3, 0.4) is 0 Å². The van der Waals surface area contributed by atoms with Crippen LogP contribution >= 0.6 is 0 Å². The van der Waals surface area contributed by atoms with Crippen LogP contribution in [0.5, 0.6) is 0 Å². The van der Waals surface area contributed by atoms with Crippen molar-refractivity contribution < 1.29 is 14.7 Å². The van der Waals surface area contributed by atoms with Gasteiger partial charge in [0.05, 0.1) is 12.0 Å². The van der Waals surface area contributed by atoms with Gasteiger partial charge in [-0.3, -0.25) is 9.59 Å². The van der Waals surface area contributed by atoms with Crippen LogP contribution in [0, 0.1) is 5.92 Å². The molecule has 1 atom stereocenters. The quantitative estimate of drug-likeness (QED) is 0.834. The molecule has 1 aliphatic heterocycles. The summed E-state index contributed by atoms with van der Waals surface area (Å²) in [5, 5.41) is 11.8. The molecule has 6 nitrogen and oxygen atoms in total. The van der Waals surface area contributed by atoms with E-state index in [-0.39, 0.29) is 12.3 Å². The van der Waals surface area contributed by atoms with Gasteiger partial charge in [0.2, 0.25) is 0 Å². The molecule has 1 unspecified atom stereocenters. The highest BCUT2D eigenvalue weighted by Crippen LogP contribution is 2.24. The lowest BCUT2D eigenvalue weighted by Crippen LogP contribution is -2.29. The number of aliphatic carboxylic acids is 1. The van der Waals surface area contributed by atoms with Gasteiger partial charge in [-0.25, -0.2) is 4.98 Å². The summed E-state index contributed by atoms with van der Waals surface area (Å²) >= 11 is 0. The summed E-state index contributed by atoms with van der Waals surface area (Å²) in [6.07, 6.45) is 3.58. The number of hydrogen-bond donors (Lipinski definition) is 2. The normalized spacial score (nSPS) is 16.5. The number of nitrogens with one attached hydrogen (secondary N) is 1. The number of carbonyl (C=O) groups is 2. The van der Waals surface area contributed by atoms with Crippen LogP contribution in [0.2, 0.25) is 0 Å². The number of pyridine rings is 1. The fraction of sp³-hybridized carbons (Fsp3) is 0.350. The van der Waals surface area contributed by atoms with Gasteiger partial charge in [0, 0.05) is 26.3 Å². The number of anilines is 1. The monoisotopic (exact) mass is 353 g/mol. The van der Waals surface area contributed by atoms with Crippen molar-refractivity contribution in [2.45, 2.75) is 19.3 Å². The first-order valence-electron chi connectivity index (χ1n) is 8.78. The molecule has 0 saturated carbocycles. The van der Waals surface area contributed by atoms with E-state index in [2.05, 4.69) is 10.3 Å². The van der Waals surface area contributed by atoms with Gasteiger partial charge in [0.1, 0.15) is 5.82 Å². The Labute approximate surface area is 152 Å². The Balaban J connectivity index is 1.60. The molecule has 3 rings (SSSR count). The third-order valence-electron chi connectivity index (χ3n) is 4.75. The molecule has 2 aromatic rings. The number of carboxylic acid groups (broad SMARTS) is 1. The Bertz CT molecular complexity index is 789. The molecule has 1 aromatic heterocycles. The van der Waals surface area contributed by atoms with Gasteiger partial charge < -0.3 is 15.3 Å². The standard InChI is InChI=1S/C20H23N3O3/c1-21-19-17(3-2-9-22-19)20(26)23-10-8-16(13-23)11-14-4-6-15(7-5-14)12-18(24)25/h2-7,9,16H,8,10-13H2,1H3,(H,21,22)(H,24,25). The summed E-state index contributed by atoms with van der Waals surface area (Å²) < 4.78 is 0. The minimum atomic E-state index is -0.820. The van der Waals surface area contributed by atoms with E-state index >= 15 is 0 Å². The lowest BCUT2D eigenvalue weighted by atomic mass is 9.97. The molecular weight excluding hydrogens is 330 g/mol. The topological polar surface area (TPSA) is 82.5 Å². The molecule has 26 heavy (non-hydrogen) atoms. The molecule has 1 fully saturated rings. The lowest BCUT2D eigenvalue weighted by Gasteiger charge is -2.18. The highest BCUT2D eigenvalue weighted by atomic mass is 16.4. The van der Waals surface area contributed by atoms with E-state index in [4.69, 9.17) is 5.11 Å².